The van der Waals surface area contributed by atoms with Gasteiger partial charge in [0.05, 0.1) is 69.0 Å². The summed E-state index contributed by atoms with van der Waals surface area (Å²) in [6.07, 6.45) is 25.3. The molecule has 0 radical (unpaired) electrons. The number of ketones is 3. The lowest BCUT2D eigenvalue weighted by Gasteiger charge is -2.43. The Balaban J connectivity index is 0.000000125. The summed E-state index contributed by atoms with van der Waals surface area (Å²) < 4.78 is 46.0. The van der Waals surface area contributed by atoms with E-state index in [2.05, 4.69) is 137 Å². The number of carbonyl (C=O) groups is 3. The largest absolute Gasteiger partial charge is 0.299 e. The highest BCUT2D eigenvalue weighted by Gasteiger charge is 2.52. The number of thioether (sulfide) groups is 3. The second-order valence-electron chi connectivity index (χ2n) is 28.1. The molecule has 1 unspecified atom stereocenters. The summed E-state index contributed by atoms with van der Waals surface area (Å²) in [5.41, 5.74) is 15.1. The fraction of sp³-hybridized carbons (Fsp3) is 0.256. The van der Waals surface area contributed by atoms with Crippen molar-refractivity contribution in [3.8, 4) is 17.1 Å². The molecule has 3 saturated carbocycles. The summed E-state index contributed by atoms with van der Waals surface area (Å²) in [6.45, 7) is 8.03. The van der Waals surface area contributed by atoms with Gasteiger partial charge in [0, 0.05) is 42.8 Å². The molecule has 6 aliphatic carbocycles. The van der Waals surface area contributed by atoms with Crippen LogP contribution in [0, 0.1) is 54.5 Å². The van der Waals surface area contributed by atoms with Crippen molar-refractivity contribution in [1.29, 1.82) is 0 Å². The van der Waals surface area contributed by atoms with Crippen LogP contribution in [-0.2, 0) is 24.1 Å². The number of nitrogens with zero attached hydrogens (tertiary/aromatic N) is 8. The van der Waals surface area contributed by atoms with E-state index in [1.165, 1.54) is 73.3 Å². The number of rotatable bonds is 14. The fourth-order valence-corrected chi connectivity index (χ4v) is 19.8. The Morgan fingerprint density at radius 1 is 0.398 bits per heavy atom. The lowest BCUT2D eigenvalue weighted by molar-refractivity contribution is -0.125. The zero-order valence-corrected chi connectivity index (χ0v) is 60.3. The maximum Gasteiger partial charge on any atom is 0.191 e. The number of Topliss-reactive ketones (excluding diaryl/α,β-unsaturated/α-hetero) is 3. The number of halogens is 3. The Kier molecular flexibility index (Phi) is 19.6. The molecule has 11 nitrogen and oxygen atoms in total. The molecule has 6 atom stereocenters. The standard InChI is InChI=1S/2C30H26FN3OS.C26H25FN2OS/c2*1-20-5-12-25(13-6-20)36-26-14-7-22-16-28-21(19-33-34(28)24-10-8-23(31)9-11-24)17-30(22,18-26)29(35)27-4-2-3-15-32-27;1-17-3-10-23(11-4-17)31-24-12-5-20-13-25-19(14-26(20,15-24)18(2)30)16-28-29(25)22-8-6-21(27)7-9-22/h2*2-6,8-13,15-16,19,26H,7,14,17-18H2,1H3;3-4,6-11,13,16,24H,5,12,14-15H2,1-2H3/t26-,30+;26-,30-;24?,26-/m101/s1. The quantitative estimate of drug-likeness (QED) is 0.0965. The molecular weight excluding hydrogens is 1350 g/mol. The van der Waals surface area contributed by atoms with Crippen molar-refractivity contribution in [2.75, 3.05) is 0 Å². The molecule has 0 aliphatic heterocycles. The number of pyridine rings is 2. The van der Waals surface area contributed by atoms with Gasteiger partial charge in [0.25, 0.3) is 0 Å². The summed E-state index contributed by atoms with van der Waals surface area (Å²) >= 11 is 5.63. The van der Waals surface area contributed by atoms with Crippen LogP contribution in [0.4, 0.5) is 13.2 Å². The van der Waals surface area contributed by atoms with Gasteiger partial charge in [0.2, 0.25) is 0 Å². The number of aryl methyl sites for hydroxylation is 3. The van der Waals surface area contributed by atoms with Crippen LogP contribution in [0.2, 0.25) is 0 Å². The third kappa shape index (κ3) is 14.2. The second-order valence-corrected chi connectivity index (χ2v) is 32.3. The Morgan fingerprint density at radius 3 is 1.00 bits per heavy atom. The van der Waals surface area contributed by atoms with Crippen molar-refractivity contribution in [3.05, 3.63) is 309 Å². The van der Waals surface area contributed by atoms with E-state index in [1.807, 2.05) is 104 Å². The van der Waals surface area contributed by atoms with Crippen molar-refractivity contribution in [2.45, 2.75) is 135 Å². The Hall–Kier alpha value is -9.68. The van der Waals surface area contributed by atoms with E-state index < -0.39 is 16.2 Å². The highest BCUT2D eigenvalue weighted by atomic mass is 32.2. The summed E-state index contributed by atoms with van der Waals surface area (Å²) in [5, 5.41) is 14.9. The zero-order valence-electron chi connectivity index (χ0n) is 57.8. The number of aromatic nitrogens is 8. The van der Waals surface area contributed by atoms with Crippen molar-refractivity contribution in [1.82, 2.24) is 39.3 Å². The summed E-state index contributed by atoms with van der Waals surface area (Å²) in [5.74, 6) is -0.395. The van der Waals surface area contributed by atoms with E-state index in [1.54, 1.807) is 55.7 Å². The predicted molar refractivity (Wildman–Crippen MR) is 405 cm³/mol. The van der Waals surface area contributed by atoms with Gasteiger partial charge in [-0.25, -0.2) is 27.2 Å². The predicted octanol–water partition coefficient (Wildman–Crippen LogP) is 19.9. The van der Waals surface area contributed by atoms with Crippen LogP contribution >= 0.6 is 35.3 Å². The number of hydrogen-bond acceptors (Lipinski definition) is 11. The third-order valence-corrected chi connectivity index (χ3v) is 25.2. The molecule has 518 valence electrons. The molecule has 0 amide bonds. The number of hydrogen-bond donors (Lipinski definition) is 0. The van der Waals surface area contributed by atoms with Crippen LogP contribution in [0.5, 0.6) is 0 Å². The van der Waals surface area contributed by atoms with E-state index in [0.29, 0.717) is 46.4 Å². The molecular formula is C86H77F3N8O3S3. The molecule has 17 heteroatoms. The molecule has 0 spiro atoms. The Bertz CT molecular complexity index is 4830. The van der Waals surface area contributed by atoms with Crippen molar-refractivity contribution >= 4 is 70.9 Å². The molecule has 5 aromatic heterocycles. The topological polar surface area (TPSA) is 130 Å². The average Bonchev–Trinajstić information content (AvgIpc) is 1.73. The number of allylic oxidation sites excluding steroid dienone is 3. The average molecular weight is 1420 g/mol. The summed E-state index contributed by atoms with van der Waals surface area (Å²) in [7, 11) is 0. The number of benzene rings is 6. The minimum absolute atomic E-state index is 0.0868. The van der Waals surface area contributed by atoms with Crippen LogP contribution in [0.25, 0.3) is 35.3 Å². The van der Waals surface area contributed by atoms with Crippen LogP contribution in [0.15, 0.2) is 244 Å². The highest BCUT2D eigenvalue weighted by Crippen LogP contribution is 2.56. The van der Waals surface area contributed by atoms with E-state index in [0.717, 1.165) is 120 Å². The van der Waals surface area contributed by atoms with E-state index >= 15 is 0 Å². The lowest BCUT2D eigenvalue weighted by Crippen LogP contribution is -2.43. The molecule has 0 bridgehead atoms. The summed E-state index contributed by atoms with van der Waals surface area (Å²) in [6, 6.07) is 56.1. The monoisotopic (exact) mass is 1420 g/mol. The molecule has 6 aromatic carbocycles. The molecule has 103 heavy (non-hydrogen) atoms. The van der Waals surface area contributed by atoms with Crippen molar-refractivity contribution < 1.29 is 27.6 Å². The zero-order chi connectivity index (χ0) is 71.0. The fourth-order valence-electron chi connectivity index (χ4n) is 15.9. The van der Waals surface area contributed by atoms with Gasteiger partial charge in [-0.15, -0.1) is 35.3 Å². The smallest absolute Gasteiger partial charge is 0.191 e. The maximum absolute atomic E-state index is 14.1. The van der Waals surface area contributed by atoms with Gasteiger partial charge in [-0.2, -0.15) is 15.3 Å². The van der Waals surface area contributed by atoms with Crippen LogP contribution < -0.4 is 0 Å². The summed E-state index contributed by atoms with van der Waals surface area (Å²) in [4.78, 5) is 53.9. The highest BCUT2D eigenvalue weighted by molar-refractivity contribution is 8.00. The number of fused-ring (bicyclic) bond motifs is 6. The van der Waals surface area contributed by atoms with Crippen LogP contribution in [-0.4, -0.2) is 72.4 Å². The number of carbonyl (C=O) groups excluding carboxylic acids is 3. The SMILES string of the molecule is CC(=O)[C@]12Cc3cnn(-c4ccc(F)cc4)c3C=C1CCC(Sc1ccc(C)cc1)C2.Cc1ccc(S[C@@H]2CCC3=Cc4c(cnn4-c4ccc(F)cc4)C[C@]3(C(=O)c3ccccn3)C2)cc1.Cc1ccc(S[C@H]2CCC3=Cc4c(cnn4-c4ccc(F)cc4)C[C@]3(C(=O)c3ccccn3)C2)cc1. The van der Waals surface area contributed by atoms with E-state index in [9.17, 15) is 27.6 Å². The molecule has 11 aromatic rings. The van der Waals surface area contributed by atoms with Gasteiger partial charge < -0.3 is 0 Å². The first kappa shape index (κ1) is 69.1. The molecule has 3 fully saturated rings. The second kappa shape index (κ2) is 29.2. The van der Waals surface area contributed by atoms with Crippen molar-refractivity contribution in [3.63, 3.8) is 0 Å². The first-order valence-electron chi connectivity index (χ1n) is 35.2. The molecule has 0 N–H and O–H groups in total. The van der Waals surface area contributed by atoms with Crippen LogP contribution in [0.3, 0.4) is 0 Å². The lowest BCUT2D eigenvalue weighted by atomic mass is 9.61. The molecule has 6 aliphatic rings. The van der Waals surface area contributed by atoms with Crippen molar-refractivity contribution in [2.24, 2.45) is 16.2 Å². The minimum atomic E-state index is -0.640. The first-order chi connectivity index (χ1) is 50.0. The van der Waals surface area contributed by atoms with Gasteiger partial charge in [-0.05, 0) is 273 Å². The Labute approximate surface area is 611 Å². The van der Waals surface area contributed by atoms with Gasteiger partial charge in [0.1, 0.15) is 34.6 Å². The molecule has 17 rings (SSSR count). The first-order valence-corrected chi connectivity index (χ1v) is 37.9. The minimum Gasteiger partial charge on any atom is -0.299 e. The van der Waals surface area contributed by atoms with Gasteiger partial charge >= 0.3 is 0 Å². The van der Waals surface area contributed by atoms with Gasteiger partial charge in [0.15, 0.2) is 11.6 Å². The third-order valence-electron chi connectivity index (χ3n) is 21.4. The van der Waals surface area contributed by atoms with Gasteiger partial charge in [-0.1, -0.05) is 81.9 Å². The van der Waals surface area contributed by atoms with E-state index in [-0.39, 0.29) is 34.8 Å². The van der Waals surface area contributed by atoms with Gasteiger partial charge in [-0.3, -0.25) is 24.4 Å². The van der Waals surface area contributed by atoms with E-state index in [4.69, 9.17) is 0 Å². The normalized spacial score (nSPS) is 21.3. The maximum atomic E-state index is 14.1. The van der Waals surface area contributed by atoms with Crippen LogP contribution in [0.1, 0.15) is 136 Å². The molecule has 0 saturated heterocycles. The Morgan fingerprint density at radius 2 is 0.699 bits per heavy atom. The molecule has 5 heterocycles.